The van der Waals surface area contributed by atoms with Crippen LogP contribution in [-0.4, -0.2) is 58.0 Å². The Bertz CT molecular complexity index is 950. The Hall–Kier alpha value is -3.68. The average molecular weight is 391 g/mol. The molecule has 0 bridgehead atoms. The lowest BCUT2D eigenvalue weighted by atomic mass is 10.2. The summed E-state index contributed by atoms with van der Waals surface area (Å²) in [6.07, 6.45) is 1.48. The Morgan fingerprint density at radius 3 is 2.21 bits per heavy atom. The van der Waals surface area contributed by atoms with E-state index < -0.39 is 0 Å². The van der Waals surface area contributed by atoms with Gasteiger partial charge in [0.15, 0.2) is 11.5 Å². The molecule has 8 heteroatoms. The highest BCUT2D eigenvalue weighted by molar-refractivity contribution is 5.93. The van der Waals surface area contributed by atoms with Crippen LogP contribution >= 0.6 is 0 Å². The number of hydrogen-bond donors (Lipinski definition) is 1. The molecule has 4 rings (SSSR count). The molecule has 0 saturated carbocycles. The number of nitrogens with zero attached hydrogens (tertiary/aromatic N) is 4. The van der Waals surface area contributed by atoms with Crippen molar-refractivity contribution in [3.05, 3.63) is 77.9 Å². The first-order valence-electron chi connectivity index (χ1n) is 9.44. The van der Waals surface area contributed by atoms with Gasteiger partial charge in [0.25, 0.3) is 11.8 Å². The lowest BCUT2D eigenvalue weighted by Crippen LogP contribution is -2.50. The maximum Gasteiger partial charge on any atom is 0.289 e. The first kappa shape index (κ1) is 18.7. The highest BCUT2D eigenvalue weighted by atomic mass is 16.3. The van der Waals surface area contributed by atoms with E-state index in [-0.39, 0.29) is 11.8 Å². The molecule has 29 heavy (non-hydrogen) atoms. The van der Waals surface area contributed by atoms with Gasteiger partial charge in [-0.25, -0.2) is 0 Å². The third-order valence-electron chi connectivity index (χ3n) is 4.79. The number of amides is 2. The van der Waals surface area contributed by atoms with Crippen LogP contribution in [0.15, 0.2) is 65.3 Å². The summed E-state index contributed by atoms with van der Waals surface area (Å²) >= 11 is 0. The molecule has 1 aliphatic heterocycles. The zero-order valence-electron chi connectivity index (χ0n) is 15.8. The molecule has 1 N–H and O–H groups in total. The van der Waals surface area contributed by atoms with Crippen LogP contribution in [0.4, 0.5) is 5.82 Å². The Morgan fingerprint density at radius 2 is 1.59 bits per heavy atom. The Balaban J connectivity index is 1.30. The van der Waals surface area contributed by atoms with Crippen LogP contribution in [0.3, 0.4) is 0 Å². The number of furan rings is 1. The summed E-state index contributed by atoms with van der Waals surface area (Å²) in [4.78, 5) is 28.4. The monoisotopic (exact) mass is 391 g/mol. The first-order chi connectivity index (χ1) is 14.2. The second kappa shape index (κ2) is 8.55. The molecular weight excluding hydrogens is 370 g/mol. The lowest BCUT2D eigenvalue weighted by Gasteiger charge is -2.34. The highest BCUT2D eigenvalue weighted by Crippen LogP contribution is 2.12. The molecule has 0 radical (unpaired) electrons. The van der Waals surface area contributed by atoms with Crippen LogP contribution in [-0.2, 0) is 6.54 Å². The number of carbonyl (C=O) groups excluding carboxylic acids is 2. The molecule has 0 unspecified atom stereocenters. The Labute approximate surface area is 168 Å². The largest absolute Gasteiger partial charge is 0.459 e. The van der Waals surface area contributed by atoms with E-state index in [0.717, 1.165) is 5.56 Å². The summed E-state index contributed by atoms with van der Waals surface area (Å²) in [5.74, 6) is 0.585. The summed E-state index contributed by atoms with van der Waals surface area (Å²) in [5.41, 5.74) is 1.43. The van der Waals surface area contributed by atoms with Gasteiger partial charge < -0.3 is 19.5 Å². The van der Waals surface area contributed by atoms with Crippen molar-refractivity contribution in [1.82, 2.24) is 20.0 Å². The number of nitrogens with one attached hydrogen (secondary N) is 1. The van der Waals surface area contributed by atoms with Gasteiger partial charge in [0.05, 0.1) is 6.26 Å². The summed E-state index contributed by atoms with van der Waals surface area (Å²) < 4.78 is 5.16. The number of rotatable bonds is 5. The van der Waals surface area contributed by atoms with Crippen molar-refractivity contribution in [2.24, 2.45) is 0 Å². The summed E-state index contributed by atoms with van der Waals surface area (Å²) in [7, 11) is 0. The van der Waals surface area contributed by atoms with E-state index in [4.69, 9.17) is 4.42 Å². The zero-order chi connectivity index (χ0) is 20.1. The van der Waals surface area contributed by atoms with Gasteiger partial charge in [-0.2, -0.15) is 0 Å². The van der Waals surface area contributed by atoms with Crippen molar-refractivity contribution in [3.63, 3.8) is 0 Å². The van der Waals surface area contributed by atoms with Gasteiger partial charge in [-0.1, -0.05) is 30.3 Å². The zero-order valence-corrected chi connectivity index (χ0v) is 15.8. The quantitative estimate of drug-likeness (QED) is 0.717. The van der Waals surface area contributed by atoms with Gasteiger partial charge in [-0.05, 0) is 29.8 Å². The molecule has 1 fully saturated rings. The van der Waals surface area contributed by atoms with Crippen molar-refractivity contribution in [2.45, 2.75) is 6.54 Å². The summed E-state index contributed by atoms with van der Waals surface area (Å²) in [6, 6.07) is 16.7. The van der Waals surface area contributed by atoms with Crippen LogP contribution in [0.5, 0.6) is 0 Å². The molecule has 148 valence electrons. The minimum atomic E-state index is -0.183. The number of carbonyl (C=O) groups is 2. The van der Waals surface area contributed by atoms with E-state index in [0.29, 0.717) is 50.0 Å². The smallest absolute Gasteiger partial charge is 0.289 e. The molecule has 0 aliphatic carbocycles. The molecule has 2 aromatic heterocycles. The predicted molar refractivity (Wildman–Crippen MR) is 106 cm³/mol. The number of piperazine rings is 1. The molecule has 2 amide bonds. The van der Waals surface area contributed by atoms with Crippen molar-refractivity contribution in [1.29, 1.82) is 0 Å². The first-order valence-corrected chi connectivity index (χ1v) is 9.44. The van der Waals surface area contributed by atoms with Crippen molar-refractivity contribution in [3.8, 4) is 0 Å². The fourth-order valence-corrected chi connectivity index (χ4v) is 3.16. The van der Waals surface area contributed by atoms with E-state index in [1.807, 2.05) is 30.3 Å². The van der Waals surface area contributed by atoms with E-state index in [1.54, 1.807) is 34.1 Å². The van der Waals surface area contributed by atoms with Gasteiger partial charge in [0, 0.05) is 32.7 Å². The predicted octanol–water partition coefficient (Wildman–Crippen LogP) is 2.28. The molecule has 1 aromatic carbocycles. The van der Waals surface area contributed by atoms with Crippen molar-refractivity contribution in [2.75, 3.05) is 31.5 Å². The summed E-state index contributed by atoms with van der Waals surface area (Å²) in [5, 5.41) is 11.3. The minimum Gasteiger partial charge on any atom is -0.459 e. The second-order valence-electron chi connectivity index (χ2n) is 6.70. The second-order valence-corrected chi connectivity index (χ2v) is 6.70. The minimum absolute atomic E-state index is 0.157. The molecular formula is C21H21N5O3. The van der Waals surface area contributed by atoms with Crippen LogP contribution in [0.25, 0.3) is 0 Å². The topological polar surface area (TPSA) is 91.6 Å². The van der Waals surface area contributed by atoms with Gasteiger partial charge in [-0.3, -0.25) is 9.59 Å². The molecule has 3 aromatic rings. The van der Waals surface area contributed by atoms with Crippen molar-refractivity contribution < 1.29 is 14.0 Å². The Morgan fingerprint density at radius 1 is 0.862 bits per heavy atom. The van der Waals surface area contributed by atoms with Gasteiger partial charge >= 0.3 is 0 Å². The average Bonchev–Trinajstić information content (AvgIpc) is 3.33. The fraction of sp³-hybridized carbons (Fsp3) is 0.238. The Kier molecular flexibility index (Phi) is 5.51. The van der Waals surface area contributed by atoms with E-state index in [1.165, 1.54) is 6.26 Å². The maximum atomic E-state index is 12.7. The third-order valence-corrected chi connectivity index (χ3v) is 4.79. The van der Waals surface area contributed by atoms with E-state index in [9.17, 15) is 9.59 Å². The number of anilines is 1. The van der Waals surface area contributed by atoms with E-state index >= 15 is 0 Å². The van der Waals surface area contributed by atoms with E-state index in [2.05, 4.69) is 15.5 Å². The van der Waals surface area contributed by atoms with Crippen molar-refractivity contribution >= 4 is 17.6 Å². The number of aromatic nitrogens is 2. The normalized spacial score (nSPS) is 13.9. The van der Waals surface area contributed by atoms with Crippen LogP contribution in [0, 0.1) is 0 Å². The standard InChI is InChI=1S/C21H21N5O3/c27-20(25-10-12-26(13-11-25)21(28)18-7-4-14-29-18)17-8-9-19(24-23-17)22-15-16-5-2-1-3-6-16/h1-9,14H,10-13,15H2,(H,22,24). The molecule has 0 spiro atoms. The van der Waals surface area contributed by atoms with Crippen LogP contribution in [0.1, 0.15) is 26.6 Å². The maximum absolute atomic E-state index is 12.7. The van der Waals surface area contributed by atoms with Gasteiger partial charge in [-0.15, -0.1) is 10.2 Å². The highest BCUT2D eigenvalue weighted by Gasteiger charge is 2.27. The molecule has 3 heterocycles. The molecule has 1 aliphatic rings. The molecule has 8 nitrogen and oxygen atoms in total. The summed E-state index contributed by atoms with van der Waals surface area (Å²) in [6.45, 7) is 2.43. The lowest BCUT2D eigenvalue weighted by molar-refractivity contribution is 0.0514. The fourth-order valence-electron chi connectivity index (χ4n) is 3.16. The number of hydrogen-bond acceptors (Lipinski definition) is 6. The SMILES string of the molecule is O=C(c1ccc(NCc2ccccc2)nn1)N1CCN(C(=O)c2ccco2)CC1. The van der Waals surface area contributed by atoms with Gasteiger partial charge in [0.1, 0.15) is 5.82 Å². The van der Waals surface area contributed by atoms with Crippen LogP contribution < -0.4 is 5.32 Å². The van der Waals surface area contributed by atoms with Crippen LogP contribution in [0.2, 0.25) is 0 Å². The molecule has 1 saturated heterocycles. The third kappa shape index (κ3) is 4.43. The van der Waals surface area contributed by atoms with Gasteiger partial charge in [0.2, 0.25) is 0 Å². The molecule has 0 atom stereocenters. The number of benzene rings is 1.